The summed E-state index contributed by atoms with van der Waals surface area (Å²) < 4.78 is 11.2. The largest absolute Gasteiger partial charge is 0.379 e. The summed E-state index contributed by atoms with van der Waals surface area (Å²) in [4.78, 5) is 17.7. The Morgan fingerprint density at radius 2 is 2.00 bits per heavy atom. The van der Waals surface area contributed by atoms with Crippen molar-refractivity contribution >= 4 is 11.9 Å². The molecule has 1 atom stereocenters. The SMILES string of the molecule is CN=C(NCCCOCC1CCCO1)NCCN1CCN(c2ncccn2)CC1. The van der Waals surface area contributed by atoms with Crippen molar-refractivity contribution in [3.63, 3.8) is 0 Å². The Kier molecular flexibility index (Phi) is 9.41. The molecular formula is C20H35N7O2. The third kappa shape index (κ3) is 7.75. The first-order valence-corrected chi connectivity index (χ1v) is 10.7. The smallest absolute Gasteiger partial charge is 0.225 e. The average Bonchev–Trinajstić information content (AvgIpc) is 3.29. The molecule has 3 heterocycles. The van der Waals surface area contributed by atoms with Crippen molar-refractivity contribution in [1.29, 1.82) is 0 Å². The summed E-state index contributed by atoms with van der Waals surface area (Å²) >= 11 is 0. The Morgan fingerprint density at radius 1 is 1.21 bits per heavy atom. The number of piperazine rings is 1. The lowest BCUT2D eigenvalue weighted by atomic mass is 10.2. The Morgan fingerprint density at radius 3 is 2.72 bits per heavy atom. The van der Waals surface area contributed by atoms with Gasteiger partial charge in [-0.25, -0.2) is 9.97 Å². The lowest BCUT2D eigenvalue weighted by Gasteiger charge is -2.34. The van der Waals surface area contributed by atoms with Crippen LogP contribution in [0.1, 0.15) is 19.3 Å². The second kappa shape index (κ2) is 12.6. The first-order valence-electron chi connectivity index (χ1n) is 10.7. The minimum atomic E-state index is 0.305. The summed E-state index contributed by atoms with van der Waals surface area (Å²) in [6, 6.07) is 1.85. The summed E-state index contributed by atoms with van der Waals surface area (Å²) in [7, 11) is 1.81. The lowest BCUT2D eigenvalue weighted by Crippen LogP contribution is -2.49. The summed E-state index contributed by atoms with van der Waals surface area (Å²) in [5, 5.41) is 6.74. The fourth-order valence-corrected chi connectivity index (χ4v) is 3.55. The van der Waals surface area contributed by atoms with Crippen LogP contribution in [-0.2, 0) is 9.47 Å². The van der Waals surface area contributed by atoms with E-state index in [0.29, 0.717) is 6.10 Å². The predicted molar refractivity (Wildman–Crippen MR) is 114 cm³/mol. The molecule has 9 heteroatoms. The van der Waals surface area contributed by atoms with E-state index in [9.17, 15) is 0 Å². The van der Waals surface area contributed by atoms with Crippen molar-refractivity contribution < 1.29 is 9.47 Å². The molecule has 2 aliphatic heterocycles. The van der Waals surface area contributed by atoms with Crippen LogP contribution in [0.4, 0.5) is 5.95 Å². The number of nitrogens with zero attached hydrogens (tertiary/aromatic N) is 5. The van der Waals surface area contributed by atoms with E-state index >= 15 is 0 Å². The van der Waals surface area contributed by atoms with E-state index in [-0.39, 0.29) is 0 Å². The van der Waals surface area contributed by atoms with E-state index in [4.69, 9.17) is 9.47 Å². The molecule has 0 bridgehead atoms. The van der Waals surface area contributed by atoms with Crippen molar-refractivity contribution in [2.24, 2.45) is 4.99 Å². The van der Waals surface area contributed by atoms with Crippen LogP contribution in [0.25, 0.3) is 0 Å². The zero-order valence-electron chi connectivity index (χ0n) is 17.6. The van der Waals surface area contributed by atoms with Gasteiger partial charge < -0.3 is 25.0 Å². The van der Waals surface area contributed by atoms with E-state index in [1.807, 2.05) is 13.1 Å². The molecule has 2 aliphatic rings. The minimum Gasteiger partial charge on any atom is -0.379 e. The molecular weight excluding hydrogens is 370 g/mol. The zero-order chi connectivity index (χ0) is 20.2. The molecule has 1 aromatic rings. The van der Waals surface area contributed by atoms with Gasteiger partial charge in [-0.1, -0.05) is 0 Å². The van der Waals surface area contributed by atoms with Gasteiger partial charge in [0.05, 0.1) is 12.7 Å². The van der Waals surface area contributed by atoms with Crippen molar-refractivity contribution in [1.82, 2.24) is 25.5 Å². The first-order chi connectivity index (χ1) is 14.3. The number of hydrogen-bond donors (Lipinski definition) is 2. The number of ether oxygens (including phenoxy) is 2. The predicted octanol–water partition coefficient (Wildman–Crippen LogP) is 0.349. The highest BCUT2D eigenvalue weighted by atomic mass is 16.5. The molecule has 0 spiro atoms. The van der Waals surface area contributed by atoms with E-state index in [2.05, 4.69) is 35.4 Å². The molecule has 1 aromatic heterocycles. The van der Waals surface area contributed by atoms with Crippen LogP contribution in [0, 0.1) is 0 Å². The number of guanidine groups is 1. The topological polar surface area (TPSA) is 87.1 Å². The van der Waals surface area contributed by atoms with Gasteiger partial charge in [0.15, 0.2) is 5.96 Å². The van der Waals surface area contributed by atoms with Gasteiger partial charge in [-0.05, 0) is 25.3 Å². The molecule has 3 rings (SSSR count). The van der Waals surface area contributed by atoms with Gasteiger partial charge in [0.2, 0.25) is 5.95 Å². The second-order valence-corrected chi connectivity index (χ2v) is 7.37. The molecule has 2 fully saturated rings. The maximum absolute atomic E-state index is 5.69. The molecule has 2 saturated heterocycles. The monoisotopic (exact) mass is 405 g/mol. The fourth-order valence-electron chi connectivity index (χ4n) is 3.55. The standard InChI is InChI=1S/C20H35N7O2/c1-21-19(22-8-4-15-28-17-18-5-2-16-29-18)23-9-10-26-11-13-27(14-12-26)20-24-6-3-7-25-20/h3,6-7,18H,2,4-5,8-17H2,1H3,(H2,21,22,23). The second-order valence-electron chi connectivity index (χ2n) is 7.37. The maximum Gasteiger partial charge on any atom is 0.225 e. The molecule has 0 aromatic carbocycles. The lowest BCUT2D eigenvalue weighted by molar-refractivity contribution is 0.0168. The van der Waals surface area contributed by atoms with Crippen LogP contribution in [0.2, 0.25) is 0 Å². The van der Waals surface area contributed by atoms with Crippen molar-refractivity contribution in [3.8, 4) is 0 Å². The molecule has 0 amide bonds. The van der Waals surface area contributed by atoms with Crippen molar-refractivity contribution in [2.45, 2.75) is 25.4 Å². The molecule has 0 radical (unpaired) electrons. The van der Waals surface area contributed by atoms with Gasteiger partial charge in [0, 0.05) is 78.5 Å². The Labute approximate surface area is 173 Å². The molecule has 0 aliphatic carbocycles. The molecule has 0 saturated carbocycles. The van der Waals surface area contributed by atoms with Gasteiger partial charge in [-0.2, -0.15) is 0 Å². The number of rotatable bonds is 10. The van der Waals surface area contributed by atoms with E-state index in [0.717, 1.165) is 96.8 Å². The molecule has 2 N–H and O–H groups in total. The summed E-state index contributed by atoms with van der Waals surface area (Å²) in [5.41, 5.74) is 0. The minimum absolute atomic E-state index is 0.305. The quantitative estimate of drug-likeness (QED) is 0.328. The van der Waals surface area contributed by atoms with Crippen LogP contribution >= 0.6 is 0 Å². The van der Waals surface area contributed by atoms with Crippen LogP contribution in [0.3, 0.4) is 0 Å². The third-order valence-electron chi connectivity index (χ3n) is 5.24. The Hall–Kier alpha value is -1.97. The number of aromatic nitrogens is 2. The Bertz CT molecular complexity index is 588. The van der Waals surface area contributed by atoms with Gasteiger partial charge in [0.1, 0.15) is 0 Å². The van der Waals surface area contributed by atoms with Crippen LogP contribution in [0.5, 0.6) is 0 Å². The highest BCUT2D eigenvalue weighted by molar-refractivity contribution is 5.79. The van der Waals surface area contributed by atoms with Crippen LogP contribution < -0.4 is 15.5 Å². The number of hydrogen-bond acceptors (Lipinski definition) is 7. The molecule has 162 valence electrons. The normalized spacial score (nSPS) is 20.8. The first kappa shape index (κ1) is 21.7. The fraction of sp³-hybridized carbons (Fsp3) is 0.750. The van der Waals surface area contributed by atoms with Crippen molar-refractivity contribution in [3.05, 3.63) is 18.5 Å². The highest BCUT2D eigenvalue weighted by Gasteiger charge is 2.18. The summed E-state index contributed by atoms with van der Waals surface area (Å²) in [6.07, 6.45) is 7.15. The molecule has 1 unspecified atom stereocenters. The van der Waals surface area contributed by atoms with Gasteiger partial charge in [-0.3, -0.25) is 9.89 Å². The maximum atomic E-state index is 5.69. The van der Waals surface area contributed by atoms with E-state index in [1.54, 1.807) is 12.4 Å². The van der Waals surface area contributed by atoms with Crippen LogP contribution in [-0.4, -0.2) is 99.6 Å². The van der Waals surface area contributed by atoms with E-state index in [1.165, 1.54) is 0 Å². The number of anilines is 1. The number of aliphatic imine (C=N–C) groups is 1. The van der Waals surface area contributed by atoms with Crippen molar-refractivity contribution in [2.75, 3.05) is 77.6 Å². The Balaban J connectivity index is 1.20. The summed E-state index contributed by atoms with van der Waals surface area (Å²) in [6.45, 7) is 9.03. The van der Waals surface area contributed by atoms with Gasteiger partial charge >= 0.3 is 0 Å². The van der Waals surface area contributed by atoms with Gasteiger partial charge in [0.25, 0.3) is 0 Å². The van der Waals surface area contributed by atoms with E-state index < -0.39 is 0 Å². The molecule has 9 nitrogen and oxygen atoms in total. The molecule has 29 heavy (non-hydrogen) atoms. The summed E-state index contributed by atoms with van der Waals surface area (Å²) in [5.74, 6) is 1.68. The average molecular weight is 406 g/mol. The highest BCUT2D eigenvalue weighted by Crippen LogP contribution is 2.12. The van der Waals surface area contributed by atoms with Crippen LogP contribution in [0.15, 0.2) is 23.5 Å². The van der Waals surface area contributed by atoms with Gasteiger partial charge in [-0.15, -0.1) is 0 Å². The zero-order valence-corrected chi connectivity index (χ0v) is 17.6. The number of nitrogens with one attached hydrogen (secondary N) is 2. The third-order valence-corrected chi connectivity index (χ3v) is 5.24.